The van der Waals surface area contributed by atoms with Crippen LogP contribution in [0.5, 0.6) is 0 Å². The molecule has 11 heteroatoms. The number of rotatable bonds is 4. The number of alkyl halides is 3. The van der Waals surface area contributed by atoms with Gasteiger partial charge in [0, 0.05) is 6.04 Å². The molecule has 0 spiro atoms. The number of aliphatic carboxylic acids is 1. The van der Waals surface area contributed by atoms with Gasteiger partial charge in [-0.15, -0.1) is 0 Å². The van der Waals surface area contributed by atoms with Crippen molar-refractivity contribution in [1.29, 1.82) is 0 Å². The Balaban J connectivity index is 2.69. The number of sulfone groups is 1. The van der Waals surface area contributed by atoms with Gasteiger partial charge in [0.1, 0.15) is 13.1 Å². The van der Waals surface area contributed by atoms with Crippen molar-refractivity contribution in [2.45, 2.75) is 25.1 Å². The first-order valence-corrected chi connectivity index (χ1v) is 7.85. The summed E-state index contributed by atoms with van der Waals surface area (Å²) in [5.41, 5.74) is 0. The Morgan fingerprint density at radius 3 is 2.43 bits per heavy atom. The van der Waals surface area contributed by atoms with Crippen LogP contribution in [-0.2, 0) is 14.6 Å². The summed E-state index contributed by atoms with van der Waals surface area (Å²) in [6, 6.07) is -2.04. The predicted octanol–water partition coefficient (Wildman–Crippen LogP) is 0.222. The maximum Gasteiger partial charge on any atom is 0.406 e. The molecule has 1 saturated heterocycles. The zero-order valence-electron chi connectivity index (χ0n) is 10.9. The summed E-state index contributed by atoms with van der Waals surface area (Å²) in [4.78, 5) is 22.3. The SMILES string of the molecule is O=C(O)CN(CC(F)(F)F)C(=O)NC1CCCS(=O)(=O)C1. The average molecular weight is 332 g/mol. The van der Waals surface area contributed by atoms with Crippen molar-refractivity contribution in [1.82, 2.24) is 10.2 Å². The molecular weight excluding hydrogens is 317 g/mol. The third kappa shape index (κ3) is 6.65. The summed E-state index contributed by atoms with van der Waals surface area (Å²) in [6.07, 6.45) is -4.13. The molecule has 0 bridgehead atoms. The molecule has 0 aliphatic carbocycles. The fourth-order valence-electron chi connectivity index (χ4n) is 1.98. The van der Waals surface area contributed by atoms with Crippen LogP contribution in [0, 0.1) is 0 Å². The van der Waals surface area contributed by atoms with Crippen LogP contribution in [0.3, 0.4) is 0 Å². The van der Waals surface area contributed by atoms with Crippen LogP contribution >= 0.6 is 0 Å². The van der Waals surface area contributed by atoms with E-state index < -0.39 is 47.1 Å². The van der Waals surface area contributed by atoms with Crippen molar-refractivity contribution in [3.8, 4) is 0 Å². The summed E-state index contributed by atoms with van der Waals surface area (Å²) in [6.45, 7) is -2.84. The highest BCUT2D eigenvalue weighted by molar-refractivity contribution is 7.91. The van der Waals surface area contributed by atoms with Gasteiger partial charge in [0.25, 0.3) is 0 Å². The largest absolute Gasteiger partial charge is 0.480 e. The highest BCUT2D eigenvalue weighted by Gasteiger charge is 2.35. The average Bonchev–Trinajstić information content (AvgIpc) is 2.23. The third-order valence-corrected chi connectivity index (χ3v) is 4.60. The molecule has 21 heavy (non-hydrogen) atoms. The van der Waals surface area contributed by atoms with E-state index >= 15 is 0 Å². The number of nitrogens with zero attached hydrogens (tertiary/aromatic N) is 1. The number of carbonyl (C=O) groups is 2. The normalized spacial score (nSPS) is 21.6. The zero-order valence-corrected chi connectivity index (χ0v) is 11.7. The number of hydrogen-bond acceptors (Lipinski definition) is 4. The molecule has 1 unspecified atom stereocenters. The second kappa shape index (κ2) is 6.50. The smallest absolute Gasteiger partial charge is 0.406 e. The van der Waals surface area contributed by atoms with Crippen LogP contribution in [0.1, 0.15) is 12.8 Å². The van der Waals surface area contributed by atoms with Gasteiger partial charge in [0.05, 0.1) is 11.5 Å². The van der Waals surface area contributed by atoms with Crippen molar-refractivity contribution in [3.63, 3.8) is 0 Å². The fourth-order valence-corrected chi connectivity index (χ4v) is 3.62. The molecule has 1 heterocycles. The first-order chi connectivity index (χ1) is 9.48. The fraction of sp³-hybridized carbons (Fsp3) is 0.800. The summed E-state index contributed by atoms with van der Waals surface area (Å²) in [7, 11) is -3.33. The number of carboxylic acids is 1. The van der Waals surface area contributed by atoms with E-state index in [0.29, 0.717) is 12.8 Å². The number of halogens is 3. The minimum atomic E-state index is -4.74. The lowest BCUT2D eigenvalue weighted by molar-refractivity contribution is -0.149. The molecule has 1 fully saturated rings. The molecular formula is C10H15F3N2O5S. The quantitative estimate of drug-likeness (QED) is 0.766. The maximum absolute atomic E-state index is 12.3. The van der Waals surface area contributed by atoms with Gasteiger partial charge in [0.15, 0.2) is 9.84 Å². The van der Waals surface area contributed by atoms with E-state index in [1.165, 1.54) is 0 Å². The molecule has 7 nitrogen and oxygen atoms in total. The van der Waals surface area contributed by atoms with Gasteiger partial charge >= 0.3 is 18.2 Å². The molecule has 1 rings (SSSR count). The molecule has 2 amide bonds. The Bertz CT molecular complexity index is 505. The maximum atomic E-state index is 12.3. The molecule has 1 aliphatic rings. The standard InChI is InChI=1S/C10H15F3N2O5S/c11-10(12,13)6-15(4-8(16)17)9(18)14-7-2-1-3-21(19,20)5-7/h7H,1-6H2,(H,14,18)(H,16,17). The molecule has 0 radical (unpaired) electrons. The van der Waals surface area contributed by atoms with Gasteiger partial charge in [-0.1, -0.05) is 0 Å². The lowest BCUT2D eigenvalue weighted by atomic mass is 10.2. The van der Waals surface area contributed by atoms with Gasteiger partial charge < -0.3 is 15.3 Å². The van der Waals surface area contributed by atoms with E-state index in [4.69, 9.17) is 5.11 Å². The summed E-state index contributed by atoms with van der Waals surface area (Å²) < 4.78 is 59.7. The topological polar surface area (TPSA) is 104 Å². The van der Waals surface area contributed by atoms with Crippen LogP contribution in [0.4, 0.5) is 18.0 Å². The van der Waals surface area contributed by atoms with Gasteiger partial charge in [-0.05, 0) is 12.8 Å². The molecule has 0 aromatic carbocycles. The second-order valence-corrected chi connectivity index (χ2v) is 7.00. The molecule has 1 aliphatic heterocycles. The third-order valence-electron chi connectivity index (χ3n) is 2.77. The molecule has 122 valence electrons. The van der Waals surface area contributed by atoms with E-state index in [1.807, 2.05) is 0 Å². The van der Waals surface area contributed by atoms with Crippen LogP contribution in [0.25, 0.3) is 0 Å². The molecule has 1 atom stereocenters. The van der Waals surface area contributed by atoms with Crippen molar-refractivity contribution in [3.05, 3.63) is 0 Å². The zero-order chi connectivity index (χ0) is 16.3. The summed E-state index contributed by atoms with van der Waals surface area (Å²) in [5, 5.41) is 10.7. The Morgan fingerprint density at radius 1 is 1.33 bits per heavy atom. The first kappa shape index (κ1) is 17.5. The number of urea groups is 1. The predicted molar refractivity (Wildman–Crippen MR) is 65.5 cm³/mol. The van der Waals surface area contributed by atoms with Crippen molar-refractivity contribution >= 4 is 21.8 Å². The number of carbonyl (C=O) groups excluding carboxylic acids is 1. The van der Waals surface area contributed by atoms with Gasteiger partial charge in [0.2, 0.25) is 0 Å². The summed E-state index contributed by atoms with van der Waals surface area (Å²) >= 11 is 0. The highest BCUT2D eigenvalue weighted by Crippen LogP contribution is 2.17. The molecule has 0 saturated carbocycles. The van der Waals surface area contributed by atoms with Crippen LogP contribution in [0.15, 0.2) is 0 Å². The van der Waals surface area contributed by atoms with E-state index in [0.717, 1.165) is 0 Å². The minimum Gasteiger partial charge on any atom is -0.480 e. The highest BCUT2D eigenvalue weighted by atomic mass is 32.2. The minimum absolute atomic E-state index is 0.0270. The number of nitrogens with one attached hydrogen (secondary N) is 1. The number of hydrogen-bond donors (Lipinski definition) is 2. The van der Waals surface area contributed by atoms with Crippen molar-refractivity contribution in [2.75, 3.05) is 24.6 Å². The van der Waals surface area contributed by atoms with Gasteiger partial charge in [-0.2, -0.15) is 13.2 Å². The molecule has 0 aromatic rings. The van der Waals surface area contributed by atoms with E-state index in [2.05, 4.69) is 5.32 Å². The number of amides is 2. The Kier molecular flexibility index (Phi) is 5.42. The Morgan fingerprint density at radius 2 is 1.95 bits per heavy atom. The van der Waals surface area contributed by atoms with E-state index in [9.17, 15) is 31.2 Å². The second-order valence-electron chi connectivity index (χ2n) is 4.77. The lowest BCUT2D eigenvalue weighted by Gasteiger charge is -2.28. The Labute approximate surface area is 119 Å². The lowest BCUT2D eigenvalue weighted by Crippen LogP contribution is -2.52. The number of carboxylic acid groups (broad SMARTS) is 1. The van der Waals surface area contributed by atoms with Crippen molar-refractivity contribution < 1.29 is 36.3 Å². The van der Waals surface area contributed by atoms with Crippen molar-refractivity contribution in [2.24, 2.45) is 0 Å². The van der Waals surface area contributed by atoms with E-state index in [-0.39, 0.29) is 16.4 Å². The van der Waals surface area contributed by atoms with Crippen LogP contribution in [-0.4, -0.2) is 67.2 Å². The van der Waals surface area contributed by atoms with Crippen LogP contribution < -0.4 is 5.32 Å². The van der Waals surface area contributed by atoms with Gasteiger partial charge in [-0.25, -0.2) is 13.2 Å². The summed E-state index contributed by atoms with van der Waals surface area (Å²) in [5.74, 6) is -1.97. The molecule has 0 aromatic heterocycles. The van der Waals surface area contributed by atoms with Gasteiger partial charge in [-0.3, -0.25) is 4.79 Å². The van der Waals surface area contributed by atoms with Crippen LogP contribution in [0.2, 0.25) is 0 Å². The Hall–Kier alpha value is -1.52. The monoisotopic (exact) mass is 332 g/mol. The molecule has 2 N–H and O–H groups in total. The van der Waals surface area contributed by atoms with E-state index in [1.54, 1.807) is 0 Å². The first-order valence-electron chi connectivity index (χ1n) is 6.03.